The highest BCUT2D eigenvalue weighted by molar-refractivity contribution is 6.31. The highest BCUT2D eigenvalue weighted by atomic mass is 35.5. The van der Waals surface area contributed by atoms with Crippen LogP contribution in [0.25, 0.3) is 0 Å². The third kappa shape index (κ3) is 3.92. The van der Waals surface area contributed by atoms with E-state index in [9.17, 15) is 9.18 Å². The molecule has 2 heterocycles. The zero-order valence-electron chi connectivity index (χ0n) is 15.3. The number of nitrogens with zero attached hydrogens (tertiary/aromatic N) is 2. The van der Waals surface area contributed by atoms with Gasteiger partial charge in [0.05, 0.1) is 11.7 Å². The van der Waals surface area contributed by atoms with Crippen LogP contribution >= 0.6 is 11.6 Å². The van der Waals surface area contributed by atoms with E-state index in [-0.39, 0.29) is 17.8 Å². The number of halogens is 2. The van der Waals surface area contributed by atoms with Gasteiger partial charge in [-0.15, -0.1) is 0 Å². The molecule has 1 unspecified atom stereocenters. The molecule has 2 aromatic carbocycles. The maximum Gasteiger partial charge on any atom is 0.254 e. The Morgan fingerprint density at radius 3 is 2.64 bits per heavy atom. The average molecular weight is 395 g/mol. The van der Waals surface area contributed by atoms with Gasteiger partial charge in [0.15, 0.2) is 0 Å². The van der Waals surface area contributed by atoms with Crippen molar-refractivity contribution in [2.45, 2.75) is 25.3 Å². The smallest absolute Gasteiger partial charge is 0.254 e. The van der Waals surface area contributed by atoms with Gasteiger partial charge in [0.25, 0.3) is 5.91 Å². The number of rotatable bonds is 4. The molecule has 0 N–H and O–H groups in total. The van der Waals surface area contributed by atoms with Crippen molar-refractivity contribution in [1.82, 2.24) is 9.88 Å². The SMILES string of the molecule is O=C(c1ccc(F)cc1)N1CCCC1c1cccc(Cc2ccccc2Cl)n1. The maximum absolute atomic E-state index is 13.2. The fourth-order valence-corrected chi connectivity index (χ4v) is 3.90. The first-order valence-corrected chi connectivity index (χ1v) is 9.75. The summed E-state index contributed by atoms with van der Waals surface area (Å²) in [4.78, 5) is 19.6. The molecule has 1 aromatic heterocycles. The topological polar surface area (TPSA) is 33.2 Å². The lowest BCUT2D eigenvalue weighted by Gasteiger charge is -2.25. The summed E-state index contributed by atoms with van der Waals surface area (Å²) in [6, 6.07) is 19.3. The second kappa shape index (κ2) is 8.11. The molecule has 1 atom stereocenters. The van der Waals surface area contributed by atoms with Crippen LogP contribution in [-0.2, 0) is 6.42 Å². The molecule has 1 fully saturated rings. The number of likely N-dealkylation sites (tertiary alicyclic amines) is 1. The molecule has 0 bridgehead atoms. The maximum atomic E-state index is 13.2. The van der Waals surface area contributed by atoms with Crippen molar-refractivity contribution in [3.8, 4) is 0 Å². The number of carbonyl (C=O) groups excluding carboxylic acids is 1. The monoisotopic (exact) mass is 394 g/mol. The lowest BCUT2D eigenvalue weighted by molar-refractivity contribution is 0.0732. The predicted molar refractivity (Wildman–Crippen MR) is 108 cm³/mol. The molecule has 1 saturated heterocycles. The molecule has 1 aliphatic heterocycles. The van der Waals surface area contributed by atoms with E-state index in [2.05, 4.69) is 0 Å². The van der Waals surface area contributed by atoms with E-state index in [4.69, 9.17) is 16.6 Å². The second-order valence-corrected chi connectivity index (χ2v) is 7.39. The normalized spacial score (nSPS) is 16.4. The van der Waals surface area contributed by atoms with Gasteiger partial charge in [-0.3, -0.25) is 9.78 Å². The third-order valence-corrected chi connectivity index (χ3v) is 5.47. The van der Waals surface area contributed by atoms with Crippen molar-refractivity contribution in [3.63, 3.8) is 0 Å². The van der Waals surface area contributed by atoms with E-state index in [1.165, 1.54) is 24.3 Å². The first-order chi connectivity index (χ1) is 13.6. The van der Waals surface area contributed by atoms with Crippen LogP contribution in [0.3, 0.4) is 0 Å². The summed E-state index contributed by atoms with van der Waals surface area (Å²) in [5.41, 5.74) is 3.34. The van der Waals surface area contributed by atoms with Crippen LogP contribution in [0, 0.1) is 5.82 Å². The minimum Gasteiger partial charge on any atom is -0.330 e. The molecule has 1 aliphatic rings. The minimum atomic E-state index is -0.344. The molecule has 1 amide bonds. The van der Waals surface area contributed by atoms with Gasteiger partial charge >= 0.3 is 0 Å². The number of amides is 1. The Bertz CT molecular complexity index is 990. The molecule has 142 valence electrons. The molecule has 0 aliphatic carbocycles. The lowest BCUT2D eigenvalue weighted by atomic mass is 10.1. The molecule has 3 nitrogen and oxygen atoms in total. The number of carbonyl (C=O) groups is 1. The summed E-state index contributed by atoms with van der Waals surface area (Å²) in [7, 11) is 0. The lowest BCUT2D eigenvalue weighted by Crippen LogP contribution is -2.31. The molecule has 0 saturated carbocycles. The van der Waals surface area contributed by atoms with Crippen molar-refractivity contribution in [2.75, 3.05) is 6.54 Å². The third-order valence-electron chi connectivity index (χ3n) is 5.10. The Hall–Kier alpha value is -2.72. The van der Waals surface area contributed by atoms with Crippen LogP contribution in [0.2, 0.25) is 5.02 Å². The Balaban J connectivity index is 1.57. The summed E-state index contributed by atoms with van der Waals surface area (Å²) in [6.45, 7) is 0.678. The average Bonchev–Trinajstić information content (AvgIpc) is 3.20. The highest BCUT2D eigenvalue weighted by Gasteiger charge is 2.31. The first-order valence-electron chi connectivity index (χ1n) is 9.37. The highest BCUT2D eigenvalue weighted by Crippen LogP contribution is 2.32. The van der Waals surface area contributed by atoms with E-state index in [1.807, 2.05) is 47.4 Å². The van der Waals surface area contributed by atoms with Gasteiger partial charge in [-0.25, -0.2) is 4.39 Å². The summed E-state index contributed by atoms with van der Waals surface area (Å²) in [5.74, 6) is -0.427. The summed E-state index contributed by atoms with van der Waals surface area (Å²) < 4.78 is 13.2. The van der Waals surface area contributed by atoms with Gasteiger partial charge in [-0.05, 0) is 60.9 Å². The number of pyridine rings is 1. The second-order valence-electron chi connectivity index (χ2n) is 6.99. The van der Waals surface area contributed by atoms with Crippen LogP contribution in [0.15, 0.2) is 66.7 Å². The largest absolute Gasteiger partial charge is 0.330 e. The van der Waals surface area contributed by atoms with Crippen LogP contribution in [0.4, 0.5) is 4.39 Å². The molecule has 3 aromatic rings. The molecular formula is C23H20ClFN2O. The van der Waals surface area contributed by atoms with E-state index in [1.54, 1.807) is 0 Å². The van der Waals surface area contributed by atoms with Crippen molar-refractivity contribution >= 4 is 17.5 Å². The van der Waals surface area contributed by atoms with Gasteiger partial charge in [0, 0.05) is 29.2 Å². The number of aromatic nitrogens is 1. The van der Waals surface area contributed by atoms with Crippen molar-refractivity contribution in [2.24, 2.45) is 0 Å². The summed E-state index contributed by atoms with van der Waals surface area (Å²) in [5, 5.41) is 0.726. The van der Waals surface area contributed by atoms with Crippen LogP contribution in [0.5, 0.6) is 0 Å². The fraction of sp³-hybridized carbons (Fsp3) is 0.217. The van der Waals surface area contributed by atoms with Crippen LogP contribution < -0.4 is 0 Å². The van der Waals surface area contributed by atoms with Crippen molar-refractivity contribution in [3.05, 3.63) is 100 Å². The quantitative estimate of drug-likeness (QED) is 0.590. The van der Waals surface area contributed by atoms with Gasteiger partial charge < -0.3 is 4.90 Å². The van der Waals surface area contributed by atoms with Gasteiger partial charge in [0.2, 0.25) is 0 Å². The Kier molecular flexibility index (Phi) is 5.40. The first kappa shape index (κ1) is 18.6. The molecule has 5 heteroatoms. The Morgan fingerprint density at radius 2 is 1.86 bits per heavy atom. The van der Waals surface area contributed by atoms with Gasteiger partial charge in [-0.2, -0.15) is 0 Å². The van der Waals surface area contributed by atoms with E-state index >= 15 is 0 Å². The van der Waals surface area contributed by atoms with Gasteiger partial charge in [-0.1, -0.05) is 35.9 Å². The Labute approximate surface area is 168 Å². The standard InChI is InChI=1S/C23H20ClFN2O/c24-20-7-2-1-5-17(20)15-19-6-3-8-21(26-19)22-9-4-14-27(22)23(28)16-10-12-18(25)13-11-16/h1-3,5-8,10-13,22H,4,9,14-15H2. The molecule has 0 spiro atoms. The van der Waals surface area contributed by atoms with E-state index in [0.717, 1.165) is 34.8 Å². The van der Waals surface area contributed by atoms with Crippen LogP contribution in [0.1, 0.15) is 46.2 Å². The molecular weight excluding hydrogens is 375 g/mol. The number of hydrogen-bond acceptors (Lipinski definition) is 2. The minimum absolute atomic E-state index is 0.0660. The van der Waals surface area contributed by atoms with E-state index < -0.39 is 0 Å². The van der Waals surface area contributed by atoms with E-state index in [0.29, 0.717) is 18.5 Å². The molecule has 28 heavy (non-hydrogen) atoms. The fourth-order valence-electron chi connectivity index (χ4n) is 3.69. The number of benzene rings is 2. The van der Waals surface area contributed by atoms with Crippen LogP contribution in [-0.4, -0.2) is 22.3 Å². The predicted octanol–water partition coefficient (Wildman–Crippen LogP) is 5.44. The zero-order chi connectivity index (χ0) is 19.5. The summed E-state index contributed by atoms with van der Waals surface area (Å²) in [6.07, 6.45) is 2.44. The summed E-state index contributed by atoms with van der Waals surface area (Å²) >= 11 is 6.28. The van der Waals surface area contributed by atoms with Crippen molar-refractivity contribution in [1.29, 1.82) is 0 Å². The van der Waals surface area contributed by atoms with Gasteiger partial charge in [0.1, 0.15) is 5.82 Å². The number of hydrogen-bond donors (Lipinski definition) is 0. The Morgan fingerprint density at radius 1 is 1.07 bits per heavy atom. The zero-order valence-corrected chi connectivity index (χ0v) is 16.1. The van der Waals surface area contributed by atoms with Crippen molar-refractivity contribution < 1.29 is 9.18 Å². The molecule has 4 rings (SSSR count). The molecule has 0 radical (unpaired) electrons.